The number of benzene rings is 6. The van der Waals surface area contributed by atoms with Crippen LogP contribution in [0.15, 0.2) is 207 Å². The molecule has 0 saturated carbocycles. The van der Waals surface area contributed by atoms with Gasteiger partial charge in [0.2, 0.25) is 11.8 Å². The Hall–Kier alpha value is -8.30. The molecule has 0 unspecified atom stereocenters. The van der Waals surface area contributed by atoms with E-state index in [9.17, 15) is 0 Å². The van der Waals surface area contributed by atoms with Crippen molar-refractivity contribution >= 4 is 78.0 Å². The van der Waals surface area contributed by atoms with Gasteiger partial charge < -0.3 is 38.9 Å². The van der Waals surface area contributed by atoms with Crippen LogP contribution < -0.4 is 19.6 Å². The molecule has 14 heteroatoms. The largest absolute Gasteiger partial charge is 2.00 e. The topological polar surface area (TPSA) is 115 Å². The molecule has 6 aromatic heterocycles. The second-order valence-corrected chi connectivity index (χ2v) is 17.8. The maximum Gasteiger partial charge on any atom is 2.00 e. The maximum atomic E-state index is 8.70. The second kappa shape index (κ2) is 23.1. The minimum Gasteiger partial charge on any atom is -0.502 e. The van der Waals surface area contributed by atoms with Gasteiger partial charge in [-0.1, -0.05) is 96.0 Å². The number of aromatic nitrogens is 6. The van der Waals surface area contributed by atoms with E-state index in [2.05, 4.69) is 208 Å². The molecule has 0 bridgehead atoms. The Morgan fingerprint density at radius 1 is 0.421 bits per heavy atom. The normalized spacial score (nSPS) is 12.2. The van der Waals surface area contributed by atoms with Crippen LogP contribution in [0.2, 0.25) is 0 Å². The third-order valence-corrected chi connectivity index (χ3v) is 12.8. The van der Waals surface area contributed by atoms with Gasteiger partial charge in [0.25, 0.3) is 0 Å². The summed E-state index contributed by atoms with van der Waals surface area (Å²) in [7, 11) is 4.08. The number of aryl methyl sites for hydroxylation is 2. The van der Waals surface area contributed by atoms with Crippen LogP contribution in [0.25, 0.3) is 55.0 Å². The number of rotatable bonds is 4. The van der Waals surface area contributed by atoms with Crippen molar-refractivity contribution in [2.45, 2.75) is 13.8 Å². The van der Waals surface area contributed by atoms with Gasteiger partial charge in [0.05, 0.1) is 0 Å². The monoisotopic (exact) mass is 1360 g/mol. The summed E-state index contributed by atoms with van der Waals surface area (Å²) >= 11 is 0. The number of nitrogens with zero attached hydrogens (tertiary/aromatic N) is 10. The summed E-state index contributed by atoms with van der Waals surface area (Å²) in [5, 5.41) is 22.3. The summed E-state index contributed by atoms with van der Waals surface area (Å²) in [6.07, 6.45) is 3.66. The molecule has 0 fully saturated rings. The summed E-state index contributed by atoms with van der Waals surface area (Å²) in [5.74, 6) is 2.02. The van der Waals surface area contributed by atoms with Gasteiger partial charge >= 0.3 is 42.1 Å². The Morgan fingerprint density at radius 2 is 0.816 bits per heavy atom. The first-order valence-corrected chi connectivity index (χ1v) is 24.1. The third kappa shape index (κ3) is 10.5. The van der Waals surface area contributed by atoms with Crippen molar-refractivity contribution in [3.05, 3.63) is 243 Å². The zero-order valence-electron chi connectivity index (χ0n) is 41.8. The van der Waals surface area contributed by atoms with E-state index in [0.29, 0.717) is 0 Å². The molecule has 0 amide bonds. The number of anilines is 6. The summed E-state index contributed by atoms with van der Waals surface area (Å²) in [6, 6.07) is 72.0. The Labute approximate surface area is 470 Å². The van der Waals surface area contributed by atoms with Gasteiger partial charge in [-0.3, -0.25) is 0 Å². The van der Waals surface area contributed by atoms with E-state index in [1.54, 1.807) is 24.3 Å². The van der Waals surface area contributed by atoms with Crippen molar-refractivity contribution in [1.29, 1.82) is 0 Å². The number of fused-ring (bicyclic) bond motifs is 8. The van der Waals surface area contributed by atoms with Crippen molar-refractivity contribution < 1.29 is 52.3 Å². The molecule has 76 heavy (non-hydrogen) atoms. The molecule has 0 radical (unpaired) electrons. The van der Waals surface area contributed by atoms with Crippen LogP contribution in [0.1, 0.15) is 11.4 Å². The second-order valence-electron chi connectivity index (χ2n) is 17.8. The van der Waals surface area contributed by atoms with Gasteiger partial charge in [-0.25, -0.2) is 19.9 Å². The predicted octanol–water partition coefficient (Wildman–Crippen LogP) is 13.6. The number of para-hydroxylation sites is 4. The summed E-state index contributed by atoms with van der Waals surface area (Å²) in [5.41, 5.74) is 12.8. The number of aromatic hydroxyl groups is 2. The van der Waals surface area contributed by atoms with E-state index >= 15 is 0 Å². The van der Waals surface area contributed by atoms with Crippen molar-refractivity contribution in [3.8, 4) is 23.1 Å². The smallest absolute Gasteiger partial charge is 0.502 e. The minimum atomic E-state index is 0. The summed E-state index contributed by atoms with van der Waals surface area (Å²) in [6.45, 7) is 7.79. The van der Waals surface area contributed by atoms with Crippen LogP contribution in [0.5, 0.6) is 11.8 Å². The van der Waals surface area contributed by atoms with Gasteiger partial charge in [-0.15, -0.1) is 34.3 Å². The van der Waals surface area contributed by atoms with E-state index in [0.717, 1.165) is 68.2 Å². The van der Waals surface area contributed by atoms with Gasteiger partial charge in [0, 0.05) is 69.7 Å². The first-order chi connectivity index (χ1) is 36.2. The molecule has 0 saturated heterocycles. The molecular formula is C62H50N10O2Pt2. The summed E-state index contributed by atoms with van der Waals surface area (Å²) < 4.78 is 4.64. The van der Waals surface area contributed by atoms with Crippen LogP contribution in [0.4, 0.5) is 34.4 Å². The number of hydrogen-bond acceptors (Lipinski definition) is 10. The standard InChI is InChI=1S/2C25H18N4.2C6H7NO.2Pt/c2*1-27-17-28(25-23(27)12-7-15-26-25)19-13-14-21-20-10-5-6-11-22(20)29(24(21)16-19)18-8-3-2-4-9-18;2*1-5-3-2-4-6(8)7-5;;/h2*2-12,14-17H,1H3;2*2-4H,1H3,(H,7,8);;/q2*-2;;;2*+2. The van der Waals surface area contributed by atoms with Gasteiger partial charge in [-0.05, 0) is 112 Å². The van der Waals surface area contributed by atoms with Crippen LogP contribution >= 0.6 is 0 Å². The quantitative estimate of drug-likeness (QED) is 0.165. The molecule has 8 heterocycles. The molecule has 2 aliphatic heterocycles. The van der Waals surface area contributed by atoms with Crippen LogP contribution in [0, 0.1) is 39.3 Å². The molecule has 2 aliphatic rings. The fourth-order valence-electron chi connectivity index (χ4n) is 9.47. The fraction of sp³-hybridized carbons (Fsp3) is 0.0645. The van der Waals surface area contributed by atoms with Crippen LogP contribution in [-0.2, 0) is 42.1 Å². The Morgan fingerprint density at radius 3 is 1.20 bits per heavy atom. The van der Waals surface area contributed by atoms with E-state index in [1.807, 2.05) is 76.7 Å². The molecule has 0 atom stereocenters. The molecule has 6 aromatic carbocycles. The zero-order chi connectivity index (χ0) is 50.7. The average molecular weight is 1360 g/mol. The SMILES string of the molecule is CN1[CH-]N(c2[c-]cc3c4ccccc4n(-c4ccccc4)c3c2)c2ncccc21.CN1[CH-]N(c2[c-]cc3c4ccccc4n(-c4ccccc4)c3c2)c2ncccc21.Cc1cccc(O)n1.Cc1cccc(O)n1.[Pt+2].[Pt+2]. The van der Waals surface area contributed by atoms with Crippen molar-refractivity contribution in [2.75, 3.05) is 33.7 Å². The van der Waals surface area contributed by atoms with E-state index in [4.69, 9.17) is 10.2 Å². The number of pyridine rings is 4. The average Bonchev–Trinajstić information content (AvgIpc) is 4.16. The summed E-state index contributed by atoms with van der Waals surface area (Å²) in [4.78, 5) is 25.0. The van der Waals surface area contributed by atoms with Gasteiger partial charge in [0.1, 0.15) is 11.6 Å². The molecule has 12 aromatic rings. The fourth-order valence-corrected chi connectivity index (χ4v) is 9.47. The van der Waals surface area contributed by atoms with Gasteiger partial charge in [-0.2, -0.15) is 37.6 Å². The Balaban J connectivity index is 0.000000141. The molecule has 2 N–H and O–H groups in total. The Kier molecular flexibility index (Phi) is 16.0. The molecule has 0 spiro atoms. The first-order valence-electron chi connectivity index (χ1n) is 24.1. The van der Waals surface area contributed by atoms with Crippen LogP contribution in [0.3, 0.4) is 0 Å². The molecule has 12 nitrogen and oxygen atoms in total. The van der Waals surface area contributed by atoms with E-state index < -0.39 is 0 Å². The van der Waals surface area contributed by atoms with Crippen molar-refractivity contribution in [1.82, 2.24) is 29.1 Å². The van der Waals surface area contributed by atoms with Crippen LogP contribution in [-0.4, -0.2) is 53.4 Å². The molecule has 14 rings (SSSR count). The minimum absolute atomic E-state index is 0. The molecular weight excluding hydrogens is 1310 g/mol. The number of hydrogen-bond donors (Lipinski definition) is 2. The molecule has 380 valence electrons. The third-order valence-electron chi connectivity index (χ3n) is 12.8. The predicted molar refractivity (Wildman–Crippen MR) is 299 cm³/mol. The molecule has 0 aliphatic carbocycles. The van der Waals surface area contributed by atoms with Crippen molar-refractivity contribution in [2.24, 2.45) is 0 Å². The zero-order valence-corrected chi connectivity index (χ0v) is 46.3. The van der Waals surface area contributed by atoms with E-state index in [1.165, 1.54) is 32.6 Å². The first kappa shape index (κ1) is 52.6. The van der Waals surface area contributed by atoms with Gasteiger partial charge in [0.15, 0.2) is 0 Å². The Bertz CT molecular complexity index is 3660. The van der Waals surface area contributed by atoms with Crippen molar-refractivity contribution in [3.63, 3.8) is 0 Å². The maximum absolute atomic E-state index is 8.70. The van der Waals surface area contributed by atoms with E-state index in [-0.39, 0.29) is 53.9 Å².